The van der Waals surface area contributed by atoms with E-state index in [9.17, 15) is 4.79 Å². The molecule has 0 spiro atoms. The summed E-state index contributed by atoms with van der Waals surface area (Å²) < 4.78 is 5.57. The fourth-order valence-electron chi connectivity index (χ4n) is 2.59. The van der Waals surface area contributed by atoms with Crippen LogP contribution in [0.5, 0.6) is 5.75 Å². The first kappa shape index (κ1) is 20.0. The van der Waals surface area contributed by atoms with E-state index in [4.69, 9.17) is 4.74 Å². The molecule has 0 aliphatic rings. The van der Waals surface area contributed by atoms with Crippen molar-refractivity contribution in [2.75, 3.05) is 6.61 Å². The summed E-state index contributed by atoms with van der Waals surface area (Å²) in [4.78, 5) is 12.6. The zero-order chi connectivity index (χ0) is 16.1. The molecule has 118 valence electrons. The number of hydrogen-bond donors (Lipinski definition) is 0. The zero-order valence-electron chi connectivity index (χ0n) is 13.7. The Labute approximate surface area is 153 Å². The van der Waals surface area contributed by atoms with E-state index in [-0.39, 0.29) is 33.0 Å². The molecule has 0 aliphatic heterocycles. The van der Waals surface area contributed by atoms with Crippen LogP contribution in [0, 0.1) is 20.8 Å². The van der Waals surface area contributed by atoms with Crippen molar-refractivity contribution in [2.24, 2.45) is 0 Å². The molecule has 4 heteroatoms. The summed E-state index contributed by atoms with van der Waals surface area (Å²) in [5.41, 5.74) is 4.41. The Hall–Kier alpha value is -1.06. The Bertz CT molecular complexity index is 643. The van der Waals surface area contributed by atoms with Gasteiger partial charge in [0, 0.05) is 5.56 Å². The van der Waals surface area contributed by atoms with E-state index in [0.717, 1.165) is 40.8 Å². The molecular formula is C19H24LiO2P. The van der Waals surface area contributed by atoms with Crippen molar-refractivity contribution in [1.29, 1.82) is 0 Å². The van der Waals surface area contributed by atoms with Gasteiger partial charge in [-0.3, -0.25) is 4.79 Å². The van der Waals surface area contributed by atoms with Gasteiger partial charge in [0.1, 0.15) is 5.75 Å². The van der Waals surface area contributed by atoms with Crippen molar-refractivity contribution in [2.45, 2.75) is 34.1 Å². The molecule has 2 aromatic carbocycles. The molecule has 0 saturated carbocycles. The summed E-state index contributed by atoms with van der Waals surface area (Å²) >= 11 is 0. The third-order valence-electron chi connectivity index (χ3n) is 3.49. The summed E-state index contributed by atoms with van der Waals surface area (Å²) in [5.74, 6) is 0.866. The summed E-state index contributed by atoms with van der Waals surface area (Å²) in [6.45, 7) is 8.90. The number of aryl methyl sites for hydroxylation is 3. The first-order valence-electron chi connectivity index (χ1n) is 7.63. The maximum absolute atomic E-state index is 12.6. The van der Waals surface area contributed by atoms with Crippen LogP contribution in [-0.4, -0.2) is 31.0 Å². The fraction of sp³-hybridized carbons (Fsp3) is 0.316. The van der Waals surface area contributed by atoms with Gasteiger partial charge in [-0.25, -0.2) is 0 Å². The van der Waals surface area contributed by atoms with E-state index >= 15 is 0 Å². The first-order valence-corrected chi connectivity index (χ1v) is 8.63. The number of rotatable bonds is 6. The number of carbonyl (C=O) groups excluding carboxylic acids is 1. The minimum absolute atomic E-state index is 0. The Morgan fingerprint density at radius 3 is 2.13 bits per heavy atom. The average molecular weight is 322 g/mol. The molecule has 0 saturated heterocycles. The third kappa shape index (κ3) is 5.50. The number of hydrogen-bond acceptors (Lipinski definition) is 2. The molecular weight excluding hydrogens is 298 g/mol. The Balaban J connectivity index is 0.00000264. The Morgan fingerprint density at radius 2 is 1.61 bits per heavy atom. The van der Waals surface area contributed by atoms with Crippen molar-refractivity contribution < 1.29 is 9.53 Å². The Kier molecular flexibility index (Phi) is 8.07. The molecule has 1 unspecified atom stereocenters. The molecule has 0 radical (unpaired) electrons. The van der Waals surface area contributed by atoms with Crippen LogP contribution < -0.4 is 10.0 Å². The maximum atomic E-state index is 12.6. The van der Waals surface area contributed by atoms with Crippen LogP contribution in [0.25, 0.3) is 0 Å². The molecule has 0 aliphatic carbocycles. The summed E-state index contributed by atoms with van der Waals surface area (Å²) in [6.07, 6.45) is 0.994. The minimum atomic E-state index is 0. The van der Waals surface area contributed by atoms with Gasteiger partial charge >= 0.3 is 18.9 Å². The van der Waals surface area contributed by atoms with E-state index in [1.807, 2.05) is 38.1 Å². The van der Waals surface area contributed by atoms with Gasteiger partial charge in [0.25, 0.3) is 0 Å². The molecule has 2 nitrogen and oxygen atoms in total. The van der Waals surface area contributed by atoms with Gasteiger partial charge in [-0.15, -0.1) is 0 Å². The standard InChI is InChI=1S/C19H23O2P.Li.H/c1-5-10-21-16-6-8-17(9-7-16)22-19(20)18-14(3)11-13(2)12-15(18)4;;/h6-9,11-12,22H,5,10H2,1-4H3;;. The van der Waals surface area contributed by atoms with Crippen LogP contribution in [0.1, 0.15) is 40.4 Å². The molecule has 0 aromatic heterocycles. The van der Waals surface area contributed by atoms with Crippen LogP contribution in [0.2, 0.25) is 0 Å². The molecule has 0 fully saturated rings. The summed E-state index contributed by atoms with van der Waals surface area (Å²) in [6, 6.07) is 12.0. The predicted molar refractivity (Wildman–Crippen MR) is 102 cm³/mol. The molecule has 2 aromatic rings. The van der Waals surface area contributed by atoms with Crippen molar-refractivity contribution >= 4 is 38.3 Å². The first-order chi connectivity index (χ1) is 10.5. The molecule has 2 rings (SSSR count). The van der Waals surface area contributed by atoms with E-state index in [2.05, 4.69) is 26.0 Å². The van der Waals surface area contributed by atoms with Crippen molar-refractivity contribution in [3.63, 3.8) is 0 Å². The molecule has 23 heavy (non-hydrogen) atoms. The normalized spacial score (nSPS) is 10.6. The van der Waals surface area contributed by atoms with Crippen LogP contribution in [-0.2, 0) is 0 Å². The SMILES string of the molecule is CCCOc1ccc(PC(=O)c2c(C)cc(C)cc2C)cc1.[LiH]. The van der Waals surface area contributed by atoms with Crippen molar-refractivity contribution in [3.8, 4) is 5.75 Å². The van der Waals surface area contributed by atoms with Gasteiger partial charge in [0.05, 0.1) is 6.61 Å². The number of ether oxygens (including phenoxy) is 1. The monoisotopic (exact) mass is 322 g/mol. The second-order valence-electron chi connectivity index (χ2n) is 5.60. The molecule has 1 atom stereocenters. The second-order valence-corrected chi connectivity index (χ2v) is 6.88. The van der Waals surface area contributed by atoms with Crippen LogP contribution in [0.3, 0.4) is 0 Å². The second kappa shape index (κ2) is 9.29. The molecule has 0 N–H and O–H groups in total. The van der Waals surface area contributed by atoms with Gasteiger partial charge in [0.2, 0.25) is 0 Å². The van der Waals surface area contributed by atoms with E-state index in [1.165, 1.54) is 5.56 Å². The fourth-order valence-corrected chi connectivity index (χ4v) is 3.70. The van der Waals surface area contributed by atoms with Gasteiger partial charge in [-0.1, -0.05) is 36.8 Å². The topological polar surface area (TPSA) is 26.3 Å². The zero-order valence-corrected chi connectivity index (χ0v) is 14.7. The van der Waals surface area contributed by atoms with Gasteiger partial charge in [0.15, 0.2) is 5.52 Å². The number of carbonyl (C=O) groups is 1. The quantitative estimate of drug-likeness (QED) is 0.596. The predicted octanol–water partition coefficient (Wildman–Crippen LogP) is 3.90. The summed E-state index contributed by atoms with van der Waals surface area (Å²) in [7, 11) is 0.149. The van der Waals surface area contributed by atoms with Crippen LogP contribution in [0.15, 0.2) is 36.4 Å². The summed E-state index contributed by atoms with van der Waals surface area (Å²) in [5, 5.41) is 1.05. The van der Waals surface area contributed by atoms with E-state index in [1.54, 1.807) is 0 Å². The van der Waals surface area contributed by atoms with Crippen molar-refractivity contribution in [1.82, 2.24) is 0 Å². The molecule has 0 bridgehead atoms. The third-order valence-corrected chi connectivity index (χ3v) is 4.59. The number of benzene rings is 2. The van der Waals surface area contributed by atoms with Crippen LogP contribution in [0.4, 0.5) is 0 Å². The van der Waals surface area contributed by atoms with E-state index in [0.29, 0.717) is 0 Å². The van der Waals surface area contributed by atoms with E-state index < -0.39 is 0 Å². The Morgan fingerprint density at radius 1 is 1.04 bits per heavy atom. The van der Waals surface area contributed by atoms with Crippen LogP contribution >= 0.6 is 8.58 Å². The van der Waals surface area contributed by atoms with Gasteiger partial charge in [-0.05, 0) is 64.3 Å². The average Bonchev–Trinajstić information content (AvgIpc) is 2.45. The van der Waals surface area contributed by atoms with Crippen molar-refractivity contribution in [3.05, 3.63) is 58.7 Å². The van der Waals surface area contributed by atoms with Gasteiger partial charge in [-0.2, -0.15) is 0 Å². The van der Waals surface area contributed by atoms with Gasteiger partial charge < -0.3 is 4.74 Å². The molecule has 0 amide bonds. The molecule has 0 heterocycles.